The van der Waals surface area contributed by atoms with Crippen LogP contribution in [-0.4, -0.2) is 46.4 Å². The average Bonchev–Trinajstić information content (AvgIpc) is 2.89. The Kier molecular flexibility index (Phi) is 17.9. The predicted molar refractivity (Wildman–Crippen MR) is 154 cm³/mol. The lowest BCUT2D eigenvalue weighted by Gasteiger charge is -2.43. The maximum Gasteiger partial charge on any atom is 0.328 e. The molecule has 7 nitrogen and oxygen atoms in total. The summed E-state index contributed by atoms with van der Waals surface area (Å²) in [6.07, 6.45) is 22.3. The minimum atomic E-state index is -1.08. The van der Waals surface area contributed by atoms with Gasteiger partial charge in [0, 0.05) is 25.0 Å². The second kappa shape index (κ2) is 20.3. The molecule has 7 heteroatoms. The third-order valence-corrected chi connectivity index (χ3v) is 7.58. The lowest BCUT2D eigenvalue weighted by atomic mass is 9.62. The Morgan fingerprint density at radius 1 is 0.872 bits per heavy atom. The van der Waals surface area contributed by atoms with Crippen molar-refractivity contribution in [3.63, 3.8) is 0 Å². The van der Waals surface area contributed by atoms with E-state index in [2.05, 4.69) is 19.9 Å². The monoisotopic (exact) mass is 546 g/mol. The number of rotatable bonds is 20. The first-order valence-corrected chi connectivity index (χ1v) is 14.7. The molecule has 0 bridgehead atoms. The summed E-state index contributed by atoms with van der Waals surface area (Å²) in [6, 6.07) is 0. The van der Waals surface area contributed by atoms with Gasteiger partial charge in [0.05, 0.1) is 6.61 Å². The molecule has 1 aliphatic rings. The molecule has 1 rings (SSSR count). The SMILES string of the molecule is CCCCCCC[C@@H]1[C@@H](/C(=C/C=C/C(=O)O)CO)[C@@H](/C=C/C(=O)O)C(COC(C)=O)=C[C@H]1CCCCCCC. The molecule has 1 aliphatic carbocycles. The maximum absolute atomic E-state index is 11.7. The highest BCUT2D eigenvalue weighted by Gasteiger charge is 2.40. The van der Waals surface area contributed by atoms with Crippen molar-refractivity contribution in [2.45, 2.75) is 97.8 Å². The van der Waals surface area contributed by atoms with E-state index in [9.17, 15) is 24.6 Å². The zero-order valence-electron chi connectivity index (χ0n) is 24.1. The molecule has 0 aliphatic heterocycles. The van der Waals surface area contributed by atoms with E-state index in [0.29, 0.717) is 5.57 Å². The number of aliphatic carboxylic acids is 2. The summed E-state index contributed by atoms with van der Waals surface area (Å²) in [6.45, 7) is 5.51. The lowest BCUT2D eigenvalue weighted by molar-refractivity contribution is -0.140. The Balaban J connectivity index is 3.56. The highest BCUT2D eigenvalue weighted by atomic mass is 16.5. The van der Waals surface area contributed by atoms with Gasteiger partial charge >= 0.3 is 17.9 Å². The van der Waals surface area contributed by atoms with Gasteiger partial charge in [0.15, 0.2) is 0 Å². The third-order valence-electron chi connectivity index (χ3n) is 7.58. The standard InChI is InChI=1S/C32H50O7/c1-4-6-8-10-12-15-25-21-27(23-39-24(3)34)29(19-20-31(37)38)32(26(22-33)16-14-18-30(35)36)28(25)17-13-11-9-7-5-2/h14,16,18-21,25,28-29,32-33H,4-13,15,17,22-23H2,1-3H3,(H,35,36)(H,37,38)/b18-14+,20-19+,26-16+/t25-,28+,29+,32-/m1/s1. The molecule has 0 spiro atoms. The smallest absolute Gasteiger partial charge is 0.328 e. The number of aliphatic hydroxyl groups excluding tert-OH is 1. The van der Waals surface area contributed by atoms with E-state index < -0.39 is 23.8 Å². The van der Waals surface area contributed by atoms with Crippen LogP contribution in [0.2, 0.25) is 0 Å². The van der Waals surface area contributed by atoms with E-state index in [1.54, 1.807) is 12.2 Å². The van der Waals surface area contributed by atoms with E-state index >= 15 is 0 Å². The van der Waals surface area contributed by atoms with E-state index in [1.807, 2.05) is 0 Å². The van der Waals surface area contributed by atoms with Gasteiger partial charge in [0.25, 0.3) is 0 Å². The quantitative estimate of drug-likeness (QED) is 0.0500. The summed E-state index contributed by atoms with van der Waals surface area (Å²) in [5, 5.41) is 29.0. The number of ether oxygens (including phenoxy) is 1. The van der Waals surface area contributed by atoms with E-state index in [4.69, 9.17) is 9.84 Å². The van der Waals surface area contributed by atoms with E-state index in [1.165, 1.54) is 38.7 Å². The van der Waals surface area contributed by atoms with Gasteiger partial charge in [-0.1, -0.05) is 102 Å². The number of carboxylic acid groups (broad SMARTS) is 2. The Hall–Kier alpha value is -2.67. The van der Waals surface area contributed by atoms with Crippen LogP contribution in [0.15, 0.2) is 47.6 Å². The molecule has 0 amide bonds. The zero-order valence-corrected chi connectivity index (χ0v) is 24.1. The van der Waals surface area contributed by atoms with Gasteiger partial charge < -0.3 is 20.1 Å². The Bertz CT molecular complexity index is 868. The summed E-state index contributed by atoms with van der Waals surface area (Å²) in [5.74, 6) is -2.89. The van der Waals surface area contributed by atoms with Crippen molar-refractivity contribution in [3.05, 3.63) is 47.6 Å². The number of esters is 1. The Labute approximate surface area is 234 Å². The molecule has 0 aromatic carbocycles. The summed E-state index contributed by atoms with van der Waals surface area (Å²) in [4.78, 5) is 34.3. The molecule has 220 valence electrons. The molecule has 3 N–H and O–H groups in total. The first kappa shape index (κ1) is 34.4. The van der Waals surface area contributed by atoms with Crippen LogP contribution in [0.4, 0.5) is 0 Å². The fraction of sp³-hybridized carbons (Fsp3) is 0.656. The fourth-order valence-corrected chi connectivity index (χ4v) is 5.72. The van der Waals surface area contributed by atoms with Crippen LogP contribution in [-0.2, 0) is 19.1 Å². The van der Waals surface area contributed by atoms with Gasteiger partial charge in [0.2, 0.25) is 0 Å². The summed E-state index contributed by atoms with van der Waals surface area (Å²) >= 11 is 0. The third kappa shape index (κ3) is 13.8. The Morgan fingerprint density at radius 2 is 1.46 bits per heavy atom. The molecular formula is C32H50O7. The van der Waals surface area contributed by atoms with Crippen LogP contribution < -0.4 is 0 Å². The van der Waals surface area contributed by atoms with Crippen LogP contribution in [0.25, 0.3) is 0 Å². The van der Waals surface area contributed by atoms with Crippen molar-refractivity contribution >= 4 is 17.9 Å². The maximum atomic E-state index is 11.7. The number of unbranched alkanes of at least 4 members (excludes halogenated alkanes) is 8. The number of carboxylic acids is 2. The van der Waals surface area contributed by atoms with Gasteiger partial charge in [-0.2, -0.15) is 0 Å². The van der Waals surface area contributed by atoms with Gasteiger partial charge in [0.1, 0.15) is 6.61 Å². The Morgan fingerprint density at radius 3 is 2.00 bits per heavy atom. The predicted octanol–water partition coefficient (Wildman–Crippen LogP) is 6.88. The van der Waals surface area contributed by atoms with Crippen LogP contribution in [0, 0.1) is 23.7 Å². The minimum absolute atomic E-state index is 0.0552. The first-order valence-electron chi connectivity index (χ1n) is 14.7. The highest BCUT2D eigenvalue weighted by Crippen LogP contribution is 2.47. The van der Waals surface area contributed by atoms with Crippen molar-refractivity contribution in [1.82, 2.24) is 0 Å². The normalized spacial score (nSPS) is 21.8. The molecular weight excluding hydrogens is 496 g/mol. The number of allylic oxidation sites excluding steroid dienone is 4. The van der Waals surface area contributed by atoms with Gasteiger partial charge in [-0.15, -0.1) is 0 Å². The zero-order chi connectivity index (χ0) is 29.0. The number of hydrogen-bond donors (Lipinski definition) is 3. The highest BCUT2D eigenvalue weighted by molar-refractivity contribution is 5.80. The fourth-order valence-electron chi connectivity index (χ4n) is 5.72. The van der Waals surface area contributed by atoms with Crippen LogP contribution in [0.5, 0.6) is 0 Å². The number of carbonyl (C=O) groups is 3. The molecule has 39 heavy (non-hydrogen) atoms. The number of hydrogen-bond acceptors (Lipinski definition) is 5. The van der Waals surface area contributed by atoms with Gasteiger partial charge in [-0.3, -0.25) is 4.79 Å². The summed E-state index contributed by atoms with van der Waals surface area (Å²) in [5.41, 5.74) is 1.49. The van der Waals surface area contributed by atoms with Crippen molar-refractivity contribution in [3.8, 4) is 0 Å². The van der Waals surface area contributed by atoms with E-state index in [-0.39, 0.29) is 31.0 Å². The second-order valence-corrected chi connectivity index (χ2v) is 10.6. The molecule has 0 saturated carbocycles. The molecule has 0 unspecified atom stereocenters. The van der Waals surface area contributed by atoms with Crippen molar-refractivity contribution < 1.29 is 34.4 Å². The summed E-state index contributed by atoms with van der Waals surface area (Å²) in [7, 11) is 0. The average molecular weight is 547 g/mol. The molecule has 0 saturated heterocycles. The molecule has 4 atom stereocenters. The van der Waals surface area contributed by atoms with E-state index in [0.717, 1.165) is 69.1 Å². The molecule has 0 fully saturated rings. The molecule has 0 aromatic rings. The lowest BCUT2D eigenvalue weighted by Crippen LogP contribution is -2.37. The van der Waals surface area contributed by atoms with Crippen LogP contribution >= 0.6 is 0 Å². The number of carbonyl (C=O) groups excluding carboxylic acids is 1. The first-order chi connectivity index (χ1) is 18.7. The van der Waals surface area contributed by atoms with Crippen LogP contribution in [0.1, 0.15) is 97.8 Å². The van der Waals surface area contributed by atoms with Crippen molar-refractivity contribution in [1.29, 1.82) is 0 Å². The summed E-state index contributed by atoms with van der Waals surface area (Å²) < 4.78 is 5.40. The molecule has 0 aromatic heterocycles. The van der Waals surface area contributed by atoms with Gasteiger partial charge in [-0.25, -0.2) is 9.59 Å². The van der Waals surface area contributed by atoms with Crippen LogP contribution in [0.3, 0.4) is 0 Å². The molecule has 0 heterocycles. The minimum Gasteiger partial charge on any atom is -0.478 e. The largest absolute Gasteiger partial charge is 0.478 e. The van der Waals surface area contributed by atoms with Gasteiger partial charge in [-0.05, 0) is 41.7 Å². The number of aliphatic hydroxyl groups is 1. The molecule has 0 radical (unpaired) electrons. The second-order valence-electron chi connectivity index (χ2n) is 10.6. The van der Waals surface area contributed by atoms with Crippen molar-refractivity contribution in [2.24, 2.45) is 23.7 Å². The topological polar surface area (TPSA) is 121 Å². The van der Waals surface area contributed by atoms with Crippen molar-refractivity contribution in [2.75, 3.05) is 13.2 Å².